The minimum absolute atomic E-state index is 0.231. The molecule has 0 aromatic rings. The van der Waals surface area contributed by atoms with Crippen LogP contribution in [0.3, 0.4) is 0 Å². The van der Waals surface area contributed by atoms with Crippen LogP contribution in [0.25, 0.3) is 0 Å². The summed E-state index contributed by atoms with van der Waals surface area (Å²) < 4.78 is 14.6. The van der Waals surface area contributed by atoms with Gasteiger partial charge in [0.25, 0.3) is 0 Å². The fourth-order valence-electron chi connectivity index (χ4n) is 1.49. The van der Waals surface area contributed by atoms with Crippen molar-refractivity contribution in [2.45, 2.75) is 51.7 Å². The van der Waals surface area contributed by atoms with E-state index < -0.39 is 12.4 Å². The van der Waals surface area contributed by atoms with Gasteiger partial charge in [-0.2, -0.15) is 0 Å². The van der Waals surface area contributed by atoms with E-state index in [9.17, 15) is 4.79 Å². The molecular weight excluding hydrogens is 196 g/mol. The van der Waals surface area contributed by atoms with Crippen LogP contribution in [0.5, 0.6) is 0 Å². The standard InChI is InChI=1S/C11H20O4/c1-2-3-4-5-6-7-8-13-10-9-14-11(12)15-10/h10H,2-9H2,1H3. The van der Waals surface area contributed by atoms with E-state index in [4.69, 9.17) is 9.47 Å². The Labute approximate surface area is 90.9 Å². The van der Waals surface area contributed by atoms with Gasteiger partial charge in [0, 0.05) is 0 Å². The largest absolute Gasteiger partial charge is 0.510 e. The summed E-state index contributed by atoms with van der Waals surface area (Å²) >= 11 is 0. The molecule has 1 aliphatic heterocycles. The van der Waals surface area contributed by atoms with Gasteiger partial charge in [0.05, 0.1) is 6.61 Å². The first-order valence-corrected chi connectivity index (χ1v) is 5.78. The molecule has 1 atom stereocenters. The Morgan fingerprint density at radius 3 is 2.67 bits per heavy atom. The molecule has 0 bridgehead atoms. The van der Waals surface area contributed by atoms with Crippen LogP contribution in [0.2, 0.25) is 0 Å². The second kappa shape index (κ2) is 7.51. The normalized spacial score (nSPS) is 20.1. The zero-order valence-corrected chi connectivity index (χ0v) is 9.37. The lowest BCUT2D eigenvalue weighted by Gasteiger charge is -2.07. The van der Waals surface area contributed by atoms with E-state index >= 15 is 0 Å². The third kappa shape index (κ3) is 5.62. The van der Waals surface area contributed by atoms with Crippen LogP contribution in [-0.4, -0.2) is 25.7 Å². The average molecular weight is 216 g/mol. The van der Waals surface area contributed by atoms with Crippen molar-refractivity contribution in [1.82, 2.24) is 0 Å². The highest BCUT2D eigenvalue weighted by Crippen LogP contribution is 2.09. The molecule has 1 unspecified atom stereocenters. The zero-order valence-electron chi connectivity index (χ0n) is 9.37. The number of hydrogen-bond donors (Lipinski definition) is 0. The third-order valence-corrected chi connectivity index (χ3v) is 2.37. The molecular formula is C11H20O4. The van der Waals surface area contributed by atoms with Gasteiger partial charge in [-0.05, 0) is 6.42 Å². The number of rotatable bonds is 8. The van der Waals surface area contributed by atoms with Crippen molar-refractivity contribution in [3.8, 4) is 0 Å². The van der Waals surface area contributed by atoms with E-state index in [0.29, 0.717) is 6.61 Å². The second-order valence-electron chi connectivity index (χ2n) is 3.75. The smallest absolute Gasteiger partial charge is 0.428 e. The Hall–Kier alpha value is -0.770. The van der Waals surface area contributed by atoms with Crippen molar-refractivity contribution in [1.29, 1.82) is 0 Å². The maximum absolute atomic E-state index is 10.5. The molecule has 0 radical (unpaired) electrons. The molecule has 0 aliphatic carbocycles. The fraction of sp³-hybridized carbons (Fsp3) is 0.909. The second-order valence-corrected chi connectivity index (χ2v) is 3.75. The quantitative estimate of drug-likeness (QED) is 0.462. The molecule has 0 N–H and O–H groups in total. The minimum Gasteiger partial charge on any atom is -0.428 e. The molecule has 1 aliphatic rings. The summed E-state index contributed by atoms with van der Waals surface area (Å²) in [7, 11) is 0. The number of hydrogen-bond acceptors (Lipinski definition) is 4. The maximum atomic E-state index is 10.5. The summed E-state index contributed by atoms with van der Waals surface area (Å²) in [4.78, 5) is 10.5. The molecule has 0 spiro atoms. The van der Waals surface area contributed by atoms with Crippen LogP contribution in [0.1, 0.15) is 45.4 Å². The monoisotopic (exact) mass is 216 g/mol. The number of cyclic esters (lactones) is 2. The highest BCUT2D eigenvalue weighted by Gasteiger charge is 2.24. The summed E-state index contributed by atoms with van der Waals surface area (Å²) in [6.45, 7) is 3.08. The molecule has 0 aromatic heterocycles. The fourth-order valence-corrected chi connectivity index (χ4v) is 1.49. The van der Waals surface area contributed by atoms with Crippen LogP contribution in [-0.2, 0) is 14.2 Å². The molecule has 1 rings (SSSR count). The van der Waals surface area contributed by atoms with Crippen LogP contribution in [0.4, 0.5) is 4.79 Å². The van der Waals surface area contributed by atoms with Gasteiger partial charge >= 0.3 is 6.16 Å². The highest BCUT2D eigenvalue weighted by atomic mass is 16.8. The van der Waals surface area contributed by atoms with Gasteiger partial charge in [-0.25, -0.2) is 4.79 Å². The van der Waals surface area contributed by atoms with Gasteiger partial charge < -0.3 is 14.2 Å². The van der Waals surface area contributed by atoms with E-state index in [1.54, 1.807) is 0 Å². The Morgan fingerprint density at radius 1 is 1.27 bits per heavy atom. The number of ether oxygens (including phenoxy) is 3. The van der Waals surface area contributed by atoms with Gasteiger partial charge in [0.2, 0.25) is 6.29 Å². The van der Waals surface area contributed by atoms with Gasteiger partial charge in [0.15, 0.2) is 6.61 Å². The van der Waals surface area contributed by atoms with Crippen LogP contribution in [0.15, 0.2) is 0 Å². The maximum Gasteiger partial charge on any atom is 0.510 e. The van der Waals surface area contributed by atoms with Gasteiger partial charge in [-0.3, -0.25) is 0 Å². The molecule has 1 saturated heterocycles. The summed E-state index contributed by atoms with van der Waals surface area (Å²) in [6, 6.07) is 0. The molecule has 1 fully saturated rings. The summed E-state index contributed by atoms with van der Waals surface area (Å²) in [6.07, 6.45) is 6.26. The van der Waals surface area contributed by atoms with Crippen molar-refractivity contribution in [3.63, 3.8) is 0 Å². The van der Waals surface area contributed by atoms with Gasteiger partial charge in [-0.15, -0.1) is 0 Å². The minimum atomic E-state index is -0.622. The first-order valence-electron chi connectivity index (χ1n) is 5.78. The van der Waals surface area contributed by atoms with Crippen molar-refractivity contribution in [3.05, 3.63) is 0 Å². The Balaban J connectivity index is 1.83. The molecule has 15 heavy (non-hydrogen) atoms. The number of carbonyl (C=O) groups excluding carboxylic acids is 1. The van der Waals surface area contributed by atoms with Crippen LogP contribution >= 0.6 is 0 Å². The van der Waals surface area contributed by atoms with Gasteiger partial charge in [0.1, 0.15) is 0 Å². The van der Waals surface area contributed by atoms with E-state index in [1.165, 1.54) is 32.1 Å². The van der Waals surface area contributed by atoms with Crippen molar-refractivity contribution < 1.29 is 19.0 Å². The number of unbranched alkanes of at least 4 members (excludes halogenated alkanes) is 5. The first-order chi connectivity index (χ1) is 7.33. The lowest BCUT2D eigenvalue weighted by molar-refractivity contribution is -0.0780. The summed E-state index contributed by atoms with van der Waals surface area (Å²) in [5, 5.41) is 0. The molecule has 4 heteroatoms. The van der Waals surface area contributed by atoms with E-state index in [1.807, 2.05) is 0 Å². The van der Waals surface area contributed by atoms with Crippen molar-refractivity contribution in [2.24, 2.45) is 0 Å². The van der Waals surface area contributed by atoms with Crippen LogP contribution in [0, 0.1) is 0 Å². The Morgan fingerprint density at radius 2 is 2.00 bits per heavy atom. The van der Waals surface area contributed by atoms with E-state index in [-0.39, 0.29) is 6.61 Å². The van der Waals surface area contributed by atoms with Crippen LogP contribution < -0.4 is 0 Å². The molecule has 0 aromatic carbocycles. The Kier molecular flexibility index (Phi) is 6.16. The lowest BCUT2D eigenvalue weighted by atomic mass is 10.1. The molecule has 4 nitrogen and oxygen atoms in total. The molecule has 88 valence electrons. The third-order valence-electron chi connectivity index (χ3n) is 2.37. The SMILES string of the molecule is CCCCCCCCOC1COC(=O)O1. The zero-order chi connectivity index (χ0) is 10.9. The van der Waals surface area contributed by atoms with Gasteiger partial charge in [-0.1, -0.05) is 39.0 Å². The molecule has 1 heterocycles. The molecule has 0 saturated carbocycles. The first kappa shape index (κ1) is 12.3. The van der Waals surface area contributed by atoms with Crippen molar-refractivity contribution in [2.75, 3.05) is 13.2 Å². The lowest BCUT2D eigenvalue weighted by Crippen LogP contribution is -2.15. The Bertz CT molecular complexity index is 181. The summed E-state index contributed by atoms with van der Waals surface area (Å²) in [5.74, 6) is 0. The topological polar surface area (TPSA) is 44.8 Å². The highest BCUT2D eigenvalue weighted by molar-refractivity contribution is 5.61. The predicted octanol–water partition coefficient (Wildman–Crippen LogP) is 2.86. The predicted molar refractivity (Wildman–Crippen MR) is 55.5 cm³/mol. The van der Waals surface area contributed by atoms with Crippen molar-refractivity contribution >= 4 is 6.16 Å². The summed E-state index contributed by atoms with van der Waals surface area (Å²) in [5.41, 5.74) is 0. The van der Waals surface area contributed by atoms with E-state index in [2.05, 4.69) is 11.7 Å². The molecule has 0 amide bonds. The number of carbonyl (C=O) groups is 1. The van der Waals surface area contributed by atoms with E-state index in [0.717, 1.165) is 6.42 Å². The average Bonchev–Trinajstić information content (AvgIpc) is 2.63.